The molecule has 2 saturated heterocycles. The first-order valence-electron chi connectivity index (χ1n) is 9.59. The zero-order chi connectivity index (χ0) is 18.4. The Kier molecular flexibility index (Phi) is 4.04. The van der Waals surface area contributed by atoms with E-state index in [1.165, 1.54) is 0 Å². The van der Waals surface area contributed by atoms with Gasteiger partial charge in [-0.15, -0.1) is 0 Å². The molecule has 4 aliphatic rings. The average molecular weight is 369 g/mol. The number of nitrogens with one attached hydrogen (secondary N) is 2. The van der Waals surface area contributed by atoms with Crippen LogP contribution in [0.25, 0.3) is 0 Å². The Bertz CT molecular complexity index is 788. The fourth-order valence-corrected chi connectivity index (χ4v) is 4.58. The Morgan fingerprint density at radius 2 is 2.00 bits per heavy atom. The largest absolute Gasteiger partial charge is 0.492 e. The lowest BCUT2D eigenvalue weighted by atomic mass is 9.86. The zero-order valence-corrected chi connectivity index (χ0v) is 15.0. The summed E-state index contributed by atoms with van der Waals surface area (Å²) < 4.78 is 11.6. The van der Waals surface area contributed by atoms with E-state index in [2.05, 4.69) is 22.8 Å². The summed E-state index contributed by atoms with van der Waals surface area (Å²) in [6.07, 6.45) is 5.88. The molecule has 2 bridgehead atoms. The Balaban J connectivity index is 1.08. The van der Waals surface area contributed by atoms with Crippen LogP contribution in [0.2, 0.25) is 0 Å². The molecule has 5 rings (SSSR count). The molecule has 4 unspecified atom stereocenters. The highest BCUT2D eigenvalue weighted by atomic mass is 16.5. The Labute approximate surface area is 157 Å². The third-order valence-electron chi connectivity index (χ3n) is 5.97. The molecular formula is C20H23N3O4. The Morgan fingerprint density at radius 1 is 1.22 bits per heavy atom. The van der Waals surface area contributed by atoms with Crippen LogP contribution in [0.1, 0.15) is 12.0 Å². The molecule has 27 heavy (non-hydrogen) atoms. The first-order chi connectivity index (χ1) is 13.2. The number of benzene rings is 1. The van der Waals surface area contributed by atoms with Crippen molar-refractivity contribution in [3.8, 4) is 5.75 Å². The smallest absolute Gasteiger partial charge is 0.317 e. The van der Waals surface area contributed by atoms with Crippen LogP contribution in [-0.4, -0.2) is 55.3 Å². The van der Waals surface area contributed by atoms with Crippen LogP contribution in [0, 0.1) is 11.8 Å². The summed E-state index contributed by atoms with van der Waals surface area (Å²) in [6, 6.07) is 5.64. The van der Waals surface area contributed by atoms with E-state index in [1.54, 1.807) is 0 Å². The van der Waals surface area contributed by atoms with Gasteiger partial charge in [0.25, 0.3) is 0 Å². The lowest BCUT2D eigenvalue weighted by Crippen LogP contribution is -2.41. The van der Waals surface area contributed by atoms with Crippen molar-refractivity contribution in [3.63, 3.8) is 0 Å². The van der Waals surface area contributed by atoms with E-state index in [-0.39, 0.29) is 24.1 Å². The minimum Gasteiger partial charge on any atom is -0.492 e. The van der Waals surface area contributed by atoms with Crippen LogP contribution < -0.4 is 15.4 Å². The molecular weight excluding hydrogens is 346 g/mol. The summed E-state index contributed by atoms with van der Waals surface area (Å²) in [5, 5.41) is 5.80. The number of rotatable bonds is 4. The molecule has 0 aliphatic carbocycles. The fourth-order valence-electron chi connectivity index (χ4n) is 4.58. The van der Waals surface area contributed by atoms with E-state index >= 15 is 0 Å². The number of likely N-dealkylation sites (tertiary alicyclic amines) is 1. The SMILES string of the molecule is O=C1CCc2cc(OCCNC(=O)N3CC4C5C=CC(O5)C4C3)ccc2N1. The molecule has 4 atom stereocenters. The maximum Gasteiger partial charge on any atom is 0.317 e. The van der Waals surface area contributed by atoms with Crippen LogP contribution in [0.4, 0.5) is 10.5 Å². The summed E-state index contributed by atoms with van der Waals surface area (Å²) in [7, 11) is 0. The van der Waals surface area contributed by atoms with Gasteiger partial charge in [-0.3, -0.25) is 4.79 Å². The van der Waals surface area contributed by atoms with Gasteiger partial charge in [0.2, 0.25) is 5.91 Å². The van der Waals surface area contributed by atoms with Crippen molar-refractivity contribution in [1.82, 2.24) is 10.2 Å². The normalized spacial score (nSPS) is 30.1. The first kappa shape index (κ1) is 16.6. The van der Waals surface area contributed by atoms with Gasteiger partial charge in [-0.05, 0) is 30.2 Å². The number of aryl methyl sites for hydroxylation is 1. The lowest BCUT2D eigenvalue weighted by molar-refractivity contribution is -0.116. The third kappa shape index (κ3) is 3.06. The van der Waals surface area contributed by atoms with Crippen LogP contribution >= 0.6 is 0 Å². The fraction of sp³-hybridized carbons (Fsp3) is 0.500. The number of nitrogens with zero attached hydrogens (tertiary/aromatic N) is 1. The topological polar surface area (TPSA) is 79.9 Å². The number of fused-ring (bicyclic) bond motifs is 6. The van der Waals surface area contributed by atoms with Crippen LogP contribution in [0.15, 0.2) is 30.4 Å². The van der Waals surface area contributed by atoms with Gasteiger partial charge < -0.3 is 25.0 Å². The molecule has 1 aromatic carbocycles. The van der Waals surface area contributed by atoms with Gasteiger partial charge in [-0.25, -0.2) is 4.79 Å². The van der Waals surface area contributed by atoms with Gasteiger partial charge in [0.05, 0.1) is 18.8 Å². The van der Waals surface area contributed by atoms with Crippen LogP contribution in [0.5, 0.6) is 5.75 Å². The second kappa shape index (κ2) is 6.56. The maximum atomic E-state index is 12.4. The van der Waals surface area contributed by atoms with Crippen molar-refractivity contribution in [2.75, 3.05) is 31.6 Å². The van der Waals surface area contributed by atoms with Crippen molar-refractivity contribution in [2.45, 2.75) is 25.0 Å². The number of hydrogen-bond donors (Lipinski definition) is 2. The van der Waals surface area contributed by atoms with Crippen molar-refractivity contribution in [1.29, 1.82) is 0 Å². The van der Waals surface area contributed by atoms with Crippen LogP contribution in [0.3, 0.4) is 0 Å². The summed E-state index contributed by atoms with van der Waals surface area (Å²) in [5.41, 5.74) is 1.95. The molecule has 2 N–H and O–H groups in total. The minimum absolute atomic E-state index is 0.0273. The van der Waals surface area contributed by atoms with E-state index in [0.717, 1.165) is 36.5 Å². The Hall–Kier alpha value is -2.54. The van der Waals surface area contributed by atoms with Gasteiger partial charge in [0.15, 0.2) is 0 Å². The van der Waals surface area contributed by atoms with Gasteiger partial charge in [0, 0.05) is 37.0 Å². The summed E-state index contributed by atoms with van der Waals surface area (Å²) in [5.74, 6) is 1.70. The number of amides is 3. The van der Waals surface area contributed by atoms with Gasteiger partial charge in [0.1, 0.15) is 12.4 Å². The standard InChI is InChI=1S/C20H23N3O4/c24-19-6-1-12-9-13(2-3-16(12)22-19)26-8-7-21-20(25)23-10-14-15(11-23)18-5-4-17(14)27-18/h2-5,9,14-15,17-18H,1,6-8,10-11H2,(H,21,25)(H,22,24). The average Bonchev–Trinajstić information content (AvgIpc) is 3.38. The molecule has 3 amide bonds. The molecule has 7 heteroatoms. The van der Waals surface area contributed by atoms with Crippen molar-refractivity contribution < 1.29 is 19.1 Å². The molecule has 0 aromatic heterocycles. The number of hydrogen-bond acceptors (Lipinski definition) is 4. The number of carbonyl (C=O) groups is 2. The first-order valence-corrected chi connectivity index (χ1v) is 9.59. The van der Waals surface area contributed by atoms with Crippen molar-refractivity contribution in [3.05, 3.63) is 35.9 Å². The maximum absolute atomic E-state index is 12.4. The number of anilines is 1. The number of ether oxygens (including phenoxy) is 2. The number of carbonyl (C=O) groups excluding carboxylic acids is 2. The van der Waals surface area contributed by atoms with E-state index in [4.69, 9.17) is 9.47 Å². The molecule has 1 aromatic rings. The molecule has 2 fully saturated rings. The van der Waals surface area contributed by atoms with Crippen molar-refractivity contribution in [2.24, 2.45) is 11.8 Å². The quantitative estimate of drug-likeness (QED) is 0.623. The molecule has 4 heterocycles. The van der Waals surface area contributed by atoms with E-state index in [9.17, 15) is 9.59 Å². The van der Waals surface area contributed by atoms with E-state index < -0.39 is 0 Å². The van der Waals surface area contributed by atoms with Gasteiger partial charge in [-0.1, -0.05) is 12.2 Å². The van der Waals surface area contributed by atoms with E-state index in [1.807, 2.05) is 23.1 Å². The van der Waals surface area contributed by atoms with Gasteiger partial charge >= 0.3 is 6.03 Å². The highest BCUT2D eigenvalue weighted by Crippen LogP contribution is 2.43. The second-order valence-electron chi connectivity index (χ2n) is 7.63. The molecule has 7 nitrogen and oxygen atoms in total. The summed E-state index contributed by atoms with van der Waals surface area (Å²) >= 11 is 0. The lowest BCUT2D eigenvalue weighted by Gasteiger charge is -2.20. The Morgan fingerprint density at radius 3 is 2.78 bits per heavy atom. The van der Waals surface area contributed by atoms with Crippen molar-refractivity contribution >= 4 is 17.6 Å². The third-order valence-corrected chi connectivity index (χ3v) is 5.97. The molecule has 0 spiro atoms. The highest BCUT2D eigenvalue weighted by molar-refractivity contribution is 5.94. The monoisotopic (exact) mass is 369 g/mol. The molecule has 142 valence electrons. The summed E-state index contributed by atoms with van der Waals surface area (Å²) in [6.45, 7) is 2.40. The zero-order valence-electron chi connectivity index (χ0n) is 15.0. The highest BCUT2D eigenvalue weighted by Gasteiger charge is 2.51. The minimum atomic E-state index is -0.0273. The number of urea groups is 1. The van der Waals surface area contributed by atoms with Gasteiger partial charge in [-0.2, -0.15) is 0 Å². The molecule has 4 aliphatic heterocycles. The van der Waals surface area contributed by atoms with Crippen LogP contribution in [-0.2, 0) is 16.0 Å². The van der Waals surface area contributed by atoms with E-state index in [0.29, 0.717) is 31.4 Å². The molecule has 0 saturated carbocycles. The second-order valence-corrected chi connectivity index (χ2v) is 7.63. The molecule has 0 radical (unpaired) electrons. The predicted octanol–water partition coefficient (Wildman–Crippen LogP) is 1.54. The predicted molar refractivity (Wildman–Crippen MR) is 98.6 cm³/mol. The summed E-state index contributed by atoms with van der Waals surface area (Å²) in [4.78, 5) is 25.7.